The van der Waals surface area contributed by atoms with Crippen molar-refractivity contribution < 1.29 is 4.79 Å². The lowest BCUT2D eigenvalue weighted by Gasteiger charge is -1.91. The number of aliphatic imine (C=N–C) groups is 1. The predicted molar refractivity (Wildman–Crippen MR) is 66.7 cm³/mol. The molecule has 0 radical (unpaired) electrons. The van der Waals surface area contributed by atoms with E-state index < -0.39 is 0 Å². The van der Waals surface area contributed by atoms with Crippen LogP contribution in [0.1, 0.15) is 15.2 Å². The molecule has 0 saturated heterocycles. The Morgan fingerprint density at radius 1 is 1.38 bits per heavy atom. The molecule has 0 spiro atoms. The van der Waals surface area contributed by atoms with Crippen LogP contribution in [-0.4, -0.2) is 11.9 Å². The summed E-state index contributed by atoms with van der Waals surface area (Å²) in [6, 6.07) is 7.76. The zero-order valence-electron chi connectivity index (χ0n) is 8.73. The highest BCUT2D eigenvalue weighted by Crippen LogP contribution is 2.28. The SMILES string of the molecule is Cc1cccc2sc(C(=O)N=C(N)N)cc12. The summed E-state index contributed by atoms with van der Waals surface area (Å²) in [5.41, 5.74) is 11.5. The third-order valence-corrected chi connectivity index (χ3v) is 3.31. The summed E-state index contributed by atoms with van der Waals surface area (Å²) in [6.07, 6.45) is 0. The zero-order valence-corrected chi connectivity index (χ0v) is 9.54. The number of carbonyl (C=O) groups is 1. The van der Waals surface area contributed by atoms with Gasteiger partial charge in [0.15, 0.2) is 5.96 Å². The number of carbonyl (C=O) groups excluding carboxylic acids is 1. The van der Waals surface area contributed by atoms with E-state index in [-0.39, 0.29) is 11.9 Å². The maximum atomic E-state index is 11.6. The number of guanidine groups is 1. The average molecular weight is 233 g/mol. The summed E-state index contributed by atoms with van der Waals surface area (Å²) in [5.74, 6) is -0.597. The van der Waals surface area contributed by atoms with Gasteiger partial charge in [0.25, 0.3) is 5.91 Å². The van der Waals surface area contributed by atoms with Crippen LogP contribution < -0.4 is 11.5 Å². The van der Waals surface area contributed by atoms with Gasteiger partial charge in [-0.15, -0.1) is 11.3 Å². The van der Waals surface area contributed by atoms with Crippen molar-refractivity contribution in [1.82, 2.24) is 0 Å². The second kappa shape index (κ2) is 3.94. The van der Waals surface area contributed by atoms with E-state index in [0.717, 1.165) is 15.6 Å². The highest BCUT2D eigenvalue weighted by atomic mass is 32.1. The molecule has 0 aliphatic carbocycles. The third-order valence-electron chi connectivity index (χ3n) is 2.22. The number of rotatable bonds is 1. The Kier molecular flexibility index (Phi) is 2.62. The van der Waals surface area contributed by atoms with Crippen LogP contribution >= 0.6 is 11.3 Å². The molecule has 1 aromatic carbocycles. The van der Waals surface area contributed by atoms with Crippen LogP contribution in [-0.2, 0) is 0 Å². The molecule has 0 aliphatic heterocycles. The minimum absolute atomic E-state index is 0.209. The molecular weight excluding hydrogens is 222 g/mol. The molecule has 0 unspecified atom stereocenters. The minimum atomic E-state index is -0.388. The molecule has 4 N–H and O–H groups in total. The summed E-state index contributed by atoms with van der Waals surface area (Å²) >= 11 is 1.39. The lowest BCUT2D eigenvalue weighted by atomic mass is 10.1. The Hall–Kier alpha value is -1.88. The summed E-state index contributed by atoms with van der Waals surface area (Å²) in [4.78, 5) is 15.7. The lowest BCUT2D eigenvalue weighted by molar-refractivity contribution is 0.101. The largest absolute Gasteiger partial charge is 0.370 e. The normalized spacial score (nSPS) is 10.3. The van der Waals surface area contributed by atoms with Crippen molar-refractivity contribution in [1.29, 1.82) is 0 Å². The Bertz CT molecular complexity index is 582. The minimum Gasteiger partial charge on any atom is -0.370 e. The molecule has 4 nitrogen and oxygen atoms in total. The number of amides is 1. The van der Waals surface area contributed by atoms with Crippen molar-refractivity contribution in [3.63, 3.8) is 0 Å². The maximum Gasteiger partial charge on any atom is 0.290 e. The van der Waals surface area contributed by atoms with Crippen molar-refractivity contribution in [2.24, 2.45) is 16.5 Å². The number of benzene rings is 1. The zero-order chi connectivity index (χ0) is 11.7. The second-order valence-corrected chi connectivity index (χ2v) is 4.52. The van der Waals surface area contributed by atoms with E-state index in [1.807, 2.05) is 31.2 Å². The number of hydrogen-bond donors (Lipinski definition) is 2. The van der Waals surface area contributed by atoms with E-state index in [9.17, 15) is 4.79 Å². The summed E-state index contributed by atoms with van der Waals surface area (Å²) in [7, 11) is 0. The summed E-state index contributed by atoms with van der Waals surface area (Å²) < 4.78 is 1.06. The van der Waals surface area contributed by atoms with Gasteiger partial charge >= 0.3 is 0 Å². The number of thiophene rings is 1. The quantitative estimate of drug-likeness (QED) is 0.580. The van der Waals surface area contributed by atoms with Crippen LogP contribution in [0.5, 0.6) is 0 Å². The molecule has 2 rings (SSSR count). The van der Waals surface area contributed by atoms with Gasteiger partial charge in [-0.3, -0.25) is 4.79 Å². The van der Waals surface area contributed by atoms with Gasteiger partial charge in [-0.05, 0) is 30.0 Å². The van der Waals surface area contributed by atoms with Gasteiger partial charge in [0.2, 0.25) is 0 Å². The second-order valence-electron chi connectivity index (χ2n) is 3.44. The van der Waals surface area contributed by atoms with Crippen LogP contribution in [0.15, 0.2) is 29.3 Å². The van der Waals surface area contributed by atoms with Crippen LogP contribution in [0.2, 0.25) is 0 Å². The molecule has 0 bridgehead atoms. The smallest absolute Gasteiger partial charge is 0.290 e. The van der Waals surface area contributed by atoms with E-state index in [1.165, 1.54) is 11.3 Å². The number of fused-ring (bicyclic) bond motifs is 1. The fourth-order valence-corrected chi connectivity index (χ4v) is 2.51. The molecular formula is C11H11N3OS. The molecule has 0 saturated carbocycles. The standard InChI is InChI=1S/C11H11N3OS/c1-6-3-2-4-8-7(6)5-9(16-8)10(15)14-11(12)13/h2-5H,1H3,(H4,12,13,14,15). The highest BCUT2D eigenvalue weighted by molar-refractivity contribution is 7.20. The topological polar surface area (TPSA) is 81.5 Å². The van der Waals surface area contributed by atoms with Crippen molar-refractivity contribution >= 4 is 33.3 Å². The number of hydrogen-bond acceptors (Lipinski definition) is 2. The summed E-state index contributed by atoms with van der Waals surface area (Å²) in [5, 5.41) is 1.07. The number of aryl methyl sites for hydroxylation is 1. The molecule has 0 atom stereocenters. The Morgan fingerprint density at radius 2 is 2.12 bits per heavy atom. The van der Waals surface area contributed by atoms with E-state index in [0.29, 0.717) is 4.88 Å². The Morgan fingerprint density at radius 3 is 2.75 bits per heavy atom. The molecule has 0 aliphatic rings. The molecule has 1 heterocycles. The van der Waals surface area contributed by atoms with Crippen molar-refractivity contribution in [2.75, 3.05) is 0 Å². The van der Waals surface area contributed by atoms with Gasteiger partial charge in [-0.1, -0.05) is 12.1 Å². The molecule has 1 amide bonds. The first kappa shape index (κ1) is 10.6. The van der Waals surface area contributed by atoms with E-state index in [4.69, 9.17) is 11.5 Å². The Balaban J connectivity index is 2.52. The van der Waals surface area contributed by atoms with Gasteiger partial charge in [0.1, 0.15) is 0 Å². The first-order chi connectivity index (χ1) is 7.58. The van der Waals surface area contributed by atoms with Crippen molar-refractivity contribution in [3.8, 4) is 0 Å². The molecule has 2 aromatic rings. The fraction of sp³-hybridized carbons (Fsp3) is 0.0909. The van der Waals surface area contributed by atoms with Crippen LogP contribution in [0.3, 0.4) is 0 Å². The average Bonchev–Trinajstić information content (AvgIpc) is 2.61. The molecule has 5 heteroatoms. The van der Waals surface area contributed by atoms with Crippen LogP contribution in [0.25, 0.3) is 10.1 Å². The monoisotopic (exact) mass is 233 g/mol. The molecule has 1 aromatic heterocycles. The lowest BCUT2D eigenvalue weighted by Crippen LogP contribution is -2.24. The van der Waals surface area contributed by atoms with Crippen molar-refractivity contribution in [3.05, 3.63) is 34.7 Å². The van der Waals surface area contributed by atoms with Gasteiger partial charge in [-0.2, -0.15) is 4.99 Å². The van der Waals surface area contributed by atoms with Gasteiger partial charge in [0, 0.05) is 4.70 Å². The molecule has 82 valence electrons. The summed E-state index contributed by atoms with van der Waals surface area (Å²) in [6.45, 7) is 2.00. The van der Waals surface area contributed by atoms with E-state index in [2.05, 4.69) is 4.99 Å². The van der Waals surface area contributed by atoms with Gasteiger partial charge in [0.05, 0.1) is 4.88 Å². The number of nitrogens with zero attached hydrogens (tertiary/aromatic N) is 1. The van der Waals surface area contributed by atoms with Crippen LogP contribution in [0.4, 0.5) is 0 Å². The molecule has 16 heavy (non-hydrogen) atoms. The molecule has 0 fully saturated rings. The van der Waals surface area contributed by atoms with Gasteiger partial charge < -0.3 is 11.5 Å². The highest BCUT2D eigenvalue weighted by Gasteiger charge is 2.10. The maximum absolute atomic E-state index is 11.6. The van der Waals surface area contributed by atoms with Crippen molar-refractivity contribution in [2.45, 2.75) is 6.92 Å². The third kappa shape index (κ3) is 1.90. The first-order valence-electron chi connectivity index (χ1n) is 4.71. The van der Waals surface area contributed by atoms with E-state index in [1.54, 1.807) is 0 Å². The van der Waals surface area contributed by atoms with Gasteiger partial charge in [-0.25, -0.2) is 0 Å². The van der Waals surface area contributed by atoms with E-state index >= 15 is 0 Å². The number of nitrogens with two attached hydrogens (primary N) is 2. The fourth-order valence-electron chi connectivity index (χ4n) is 1.48. The Labute approximate surface area is 96.6 Å². The predicted octanol–water partition coefficient (Wildman–Crippen LogP) is 1.62. The first-order valence-corrected chi connectivity index (χ1v) is 5.52. The van der Waals surface area contributed by atoms with Crippen LogP contribution in [0, 0.1) is 6.92 Å².